The molecular formula is C17H11Cl2F3N2O2. The van der Waals surface area contributed by atoms with Gasteiger partial charge in [0.15, 0.2) is 5.69 Å². The lowest BCUT2D eigenvalue weighted by Gasteiger charge is -2.08. The van der Waals surface area contributed by atoms with E-state index >= 15 is 0 Å². The monoisotopic (exact) mass is 402 g/mol. The average molecular weight is 403 g/mol. The Morgan fingerprint density at radius 2 is 1.81 bits per heavy atom. The van der Waals surface area contributed by atoms with Crippen LogP contribution in [0.25, 0.3) is 10.9 Å². The van der Waals surface area contributed by atoms with E-state index in [1.165, 1.54) is 18.2 Å². The number of fused-ring (bicyclic) bond motifs is 1. The van der Waals surface area contributed by atoms with E-state index in [1.54, 1.807) is 18.2 Å². The van der Waals surface area contributed by atoms with Crippen LogP contribution in [0.4, 0.5) is 13.2 Å². The number of carboxylic acid groups (broad SMARTS) is 1. The van der Waals surface area contributed by atoms with Gasteiger partial charge in [0, 0.05) is 21.0 Å². The van der Waals surface area contributed by atoms with Gasteiger partial charge in [-0.3, -0.25) is 9.48 Å². The highest BCUT2D eigenvalue weighted by Crippen LogP contribution is 2.35. The SMILES string of the molecule is O=C(O)Cc1ccc2c(C(F)(F)F)nn(Cc3c(Cl)cccc3Cl)c2c1. The second-order valence-electron chi connectivity index (χ2n) is 5.63. The first-order chi connectivity index (χ1) is 12.2. The number of benzene rings is 2. The molecule has 0 saturated heterocycles. The van der Waals surface area contributed by atoms with Gasteiger partial charge in [-0.2, -0.15) is 18.3 Å². The highest BCUT2D eigenvalue weighted by Gasteiger charge is 2.37. The van der Waals surface area contributed by atoms with E-state index in [2.05, 4.69) is 5.10 Å². The smallest absolute Gasteiger partial charge is 0.435 e. The standard InChI is InChI=1S/C17H11Cl2F3N2O2/c18-12-2-1-3-13(19)11(12)8-24-14-6-9(7-15(25)26)4-5-10(14)16(23-24)17(20,21)22/h1-6H,7-8H2,(H,25,26). The van der Waals surface area contributed by atoms with Crippen molar-refractivity contribution in [3.8, 4) is 0 Å². The molecule has 0 saturated carbocycles. The fourth-order valence-electron chi connectivity index (χ4n) is 2.67. The fourth-order valence-corrected chi connectivity index (χ4v) is 3.18. The molecule has 0 bridgehead atoms. The van der Waals surface area contributed by atoms with Gasteiger partial charge >= 0.3 is 12.1 Å². The maximum atomic E-state index is 13.3. The molecule has 3 aromatic rings. The molecule has 0 aliphatic rings. The maximum absolute atomic E-state index is 13.3. The molecule has 1 aromatic heterocycles. The van der Waals surface area contributed by atoms with E-state index in [-0.39, 0.29) is 23.9 Å². The van der Waals surface area contributed by atoms with Crippen LogP contribution in [0.3, 0.4) is 0 Å². The van der Waals surface area contributed by atoms with Crippen molar-refractivity contribution in [2.45, 2.75) is 19.1 Å². The summed E-state index contributed by atoms with van der Waals surface area (Å²) in [7, 11) is 0. The van der Waals surface area contributed by atoms with Crippen LogP contribution in [-0.4, -0.2) is 20.9 Å². The first-order valence-corrected chi connectivity index (χ1v) is 8.13. The van der Waals surface area contributed by atoms with Crippen molar-refractivity contribution < 1.29 is 23.1 Å². The lowest BCUT2D eigenvalue weighted by molar-refractivity contribution is -0.140. The number of carbonyl (C=O) groups is 1. The summed E-state index contributed by atoms with van der Waals surface area (Å²) >= 11 is 12.2. The van der Waals surface area contributed by atoms with Crippen molar-refractivity contribution in [2.75, 3.05) is 0 Å². The van der Waals surface area contributed by atoms with Crippen molar-refractivity contribution >= 4 is 40.1 Å². The van der Waals surface area contributed by atoms with E-state index < -0.39 is 17.8 Å². The molecule has 1 heterocycles. The summed E-state index contributed by atoms with van der Waals surface area (Å²) < 4.78 is 41.1. The molecule has 3 rings (SSSR count). The van der Waals surface area contributed by atoms with Gasteiger partial charge in [0.2, 0.25) is 0 Å². The van der Waals surface area contributed by atoms with Crippen molar-refractivity contribution in [1.82, 2.24) is 9.78 Å². The molecule has 0 aliphatic carbocycles. The Balaban J connectivity index is 2.18. The van der Waals surface area contributed by atoms with Gasteiger partial charge in [-0.05, 0) is 23.8 Å². The lowest BCUT2D eigenvalue weighted by Crippen LogP contribution is -2.09. The highest BCUT2D eigenvalue weighted by atomic mass is 35.5. The Labute approximate surface area is 155 Å². The van der Waals surface area contributed by atoms with Crippen molar-refractivity contribution in [2.24, 2.45) is 0 Å². The molecule has 1 N–H and O–H groups in total. The predicted octanol–water partition coefficient (Wildman–Crippen LogP) is 5.04. The predicted molar refractivity (Wildman–Crippen MR) is 91.6 cm³/mol. The third kappa shape index (κ3) is 3.64. The third-order valence-corrected chi connectivity index (χ3v) is 4.52. The van der Waals surface area contributed by atoms with Gasteiger partial charge in [-0.15, -0.1) is 0 Å². The Bertz CT molecular complexity index is 979. The molecule has 0 amide bonds. The van der Waals surface area contributed by atoms with Crippen LogP contribution in [0.15, 0.2) is 36.4 Å². The summed E-state index contributed by atoms with van der Waals surface area (Å²) in [5.74, 6) is -1.08. The Kier molecular flexibility index (Phi) is 4.86. The summed E-state index contributed by atoms with van der Waals surface area (Å²) in [6.07, 6.45) is -4.96. The van der Waals surface area contributed by atoms with Crippen LogP contribution < -0.4 is 0 Å². The largest absolute Gasteiger partial charge is 0.481 e. The number of halogens is 5. The molecule has 136 valence electrons. The number of alkyl halides is 3. The number of aromatic nitrogens is 2. The summed E-state index contributed by atoms with van der Waals surface area (Å²) in [5.41, 5.74) is -0.0904. The van der Waals surface area contributed by atoms with E-state index in [1.807, 2.05) is 0 Å². The molecule has 2 aromatic carbocycles. The van der Waals surface area contributed by atoms with Gasteiger partial charge in [0.05, 0.1) is 18.5 Å². The summed E-state index contributed by atoms with van der Waals surface area (Å²) in [6.45, 7) is -0.0817. The van der Waals surface area contributed by atoms with Crippen LogP contribution in [0, 0.1) is 0 Å². The number of carboxylic acids is 1. The van der Waals surface area contributed by atoms with Crippen molar-refractivity contribution in [3.63, 3.8) is 0 Å². The van der Waals surface area contributed by atoms with Crippen molar-refractivity contribution in [1.29, 1.82) is 0 Å². The van der Waals surface area contributed by atoms with Gasteiger partial charge < -0.3 is 5.11 Å². The van der Waals surface area contributed by atoms with E-state index in [0.717, 1.165) is 4.68 Å². The maximum Gasteiger partial charge on any atom is 0.435 e. The molecule has 4 nitrogen and oxygen atoms in total. The van der Waals surface area contributed by atoms with Gasteiger partial charge in [-0.25, -0.2) is 0 Å². The van der Waals surface area contributed by atoms with Gasteiger partial charge in [-0.1, -0.05) is 41.4 Å². The summed E-state index contributed by atoms with van der Waals surface area (Å²) in [5, 5.41) is 13.1. The molecule has 0 spiro atoms. The van der Waals surface area contributed by atoms with Gasteiger partial charge in [0.1, 0.15) is 0 Å². The second kappa shape index (κ2) is 6.81. The summed E-state index contributed by atoms with van der Waals surface area (Å²) in [6, 6.07) is 8.75. The van der Waals surface area contributed by atoms with Crippen LogP contribution in [0.5, 0.6) is 0 Å². The lowest BCUT2D eigenvalue weighted by atomic mass is 10.1. The van der Waals surface area contributed by atoms with Crippen LogP contribution in [0.1, 0.15) is 16.8 Å². The van der Waals surface area contributed by atoms with E-state index in [9.17, 15) is 18.0 Å². The Hall–Kier alpha value is -2.25. The van der Waals surface area contributed by atoms with E-state index in [4.69, 9.17) is 28.3 Å². The molecule has 0 atom stereocenters. The second-order valence-corrected chi connectivity index (χ2v) is 6.44. The fraction of sp³-hybridized carbons (Fsp3) is 0.176. The first-order valence-electron chi connectivity index (χ1n) is 7.38. The third-order valence-electron chi connectivity index (χ3n) is 3.81. The van der Waals surface area contributed by atoms with Crippen molar-refractivity contribution in [3.05, 3.63) is 63.3 Å². The molecule has 0 unspecified atom stereocenters. The van der Waals surface area contributed by atoms with Crippen LogP contribution >= 0.6 is 23.2 Å². The number of rotatable bonds is 4. The molecule has 0 aliphatic heterocycles. The minimum atomic E-state index is -4.65. The number of aliphatic carboxylic acids is 1. The van der Waals surface area contributed by atoms with Crippen LogP contribution in [0.2, 0.25) is 10.0 Å². The topological polar surface area (TPSA) is 55.1 Å². The molecule has 9 heteroatoms. The number of hydrogen-bond acceptors (Lipinski definition) is 2. The van der Waals surface area contributed by atoms with E-state index in [0.29, 0.717) is 21.2 Å². The normalized spacial score (nSPS) is 11.9. The zero-order valence-electron chi connectivity index (χ0n) is 13.0. The molecule has 26 heavy (non-hydrogen) atoms. The zero-order chi connectivity index (χ0) is 19.1. The minimum absolute atomic E-state index is 0.0817. The summed E-state index contributed by atoms with van der Waals surface area (Å²) in [4.78, 5) is 10.9. The average Bonchev–Trinajstić information content (AvgIpc) is 2.89. The number of hydrogen-bond donors (Lipinski definition) is 1. The first kappa shape index (κ1) is 18.5. The molecule has 0 radical (unpaired) electrons. The quantitative estimate of drug-likeness (QED) is 0.665. The Morgan fingerprint density at radius 3 is 2.38 bits per heavy atom. The highest BCUT2D eigenvalue weighted by molar-refractivity contribution is 6.36. The van der Waals surface area contributed by atoms with Gasteiger partial charge in [0.25, 0.3) is 0 Å². The number of nitrogens with zero attached hydrogens (tertiary/aromatic N) is 2. The van der Waals surface area contributed by atoms with Crippen LogP contribution in [-0.2, 0) is 23.9 Å². The zero-order valence-corrected chi connectivity index (χ0v) is 14.5. The minimum Gasteiger partial charge on any atom is -0.481 e. The molecular weight excluding hydrogens is 392 g/mol. The Morgan fingerprint density at radius 1 is 1.15 bits per heavy atom. The molecule has 0 fully saturated rings.